The van der Waals surface area contributed by atoms with E-state index in [2.05, 4.69) is 41.3 Å². The van der Waals surface area contributed by atoms with Crippen LogP contribution in [0.5, 0.6) is 0 Å². The Balaban J connectivity index is 2.34. The first-order chi connectivity index (χ1) is 5.74. The topological polar surface area (TPSA) is 24.8 Å². The molecule has 1 saturated carbocycles. The smallest absolute Gasteiger partial charge is 0.0715 e. The van der Waals surface area contributed by atoms with E-state index in [0.717, 1.165) is 18.6 Å². The van der Waals surface area contributed by atoms with Crippen molar-refractivity contribution in [1.82, 2.24) is 4.90 Å². The standard InChI is InChI=1S/C8H16N2OS/c1-10(2)8-5-3-7(4-6-8)9-11-12/h8,12H,3-6H2,1-2H3. The van der Waals surface area contributed by atoms with Crippen molar-refractivity contribution < 1.29 is 4.28 Å². The van der Waals surface area contributed by atoms with E-state index in [1.165, 1.54) is 12.8 Å². The van der Waals surface area contributed by atoms with Crippen molar-refractivity contribution in [3.05, 3.63) is 0 Å². The molecule has 0 bridgehead atoms. The highest BCUT2D eigenvalue weighted by molar-refractivity contribution is 7.75. The zero-order valence-electron chi connectivity index (χ0n) is 7.66. The summed E-state index contributed by atoms with van der Waals surface area (Å²) in [6.45, 7) is 0. The van der Waals surface area contributed by atoms with Gasteiger partial charge in [0.05, 0.1) is 18.6 Å². The number of hydrogen-bond acceptors (Lipinski definition) is 4. The van der Waals surface area contributed by atoms with Crippen molar-refractivity contribution >= 4 is 18.6 Å². The fourth-order valence-corrected chi connectivity index (χ4v) is 1.72. The molecular formula is C8H16N2OS. The normalized spacial score (nSPS) is 24.3. The van der Waals surface area contributed by atoms with Crippen molar-refractivity contribution in [2.45, 2.75) is 31.7 Å². The Morgan fingerprint density at radius 1 is 1.42 bits per heavy atom. The predicted octanol–water partition coefficient (Wildman–Crippen LogP) is 1.71. The van der Waals surface area contributed by atoms with Crippen LogP contribution in [0.1, 0.15) is 25.7 Å². The number of thiol groups is 1. The third-order valence-corrected chi connectivity index (χ3v) is 2.51. The lowest BCUT2D eigenvalue weighted by atomic mass is 9.93. The summed E-state index contributed by atoms with van der Waals surface area (Å²) in [6.07, 6.45) is 4.46. The lowest BCUT2D eigenvalue weighted by Gasteiger charge is -2.28. The Morgan fingerprint density at radius 3 is 2.42 bits per heavy atom. The lowest BCUT2D eigenvalue weighted by Crippen LogP contribution is -2.32. The van der Waals surface area contributed by atoms with E-state index in [1.807, 2.05) is 0 Å². The maximum atomic E-state index is 4.45. The molecule has 1 aliphatic carbocycles. The van der Waals surface area contributed by atoms with E-state index >= 15 is 0 Å². The first-order valence-corrected chi connectivity index (χ1v) is 4.63. The average Bonchev–Trinajstić information content (AvgIpc) is 2.06. The van der Waals surface area contributed by atoms with E-state index in [-0.39, 0.29) is 0 Å². The molecule has 1 fully saturated rings. The summed E-state index contributed by atoms with van der Waals surface area (Å²) < 4.78 is 4.45. The van der Waals surface area contributed by atoms with Gasteiger partial charge in [0.15, 0.2) is 0 Å². The summed E-state index contributed by atoms with van der Waals surface area (Å²) in [5, 5.41) is 3.84. The van der Waals surface area contributed by atoms with Gasteiger partial charge in [-0.25, -0.2) is 0 Å². The molecule has 0 aromatic carbocycles. The maximum absolute atomic E-state index is 4.45. The molecule has 0 heterocycles. The second-order valence-electron chi connectivity index (χ2n) is 3.43. The van der Waals surface area contributed by atoms with Crippen LogP contribution in [0.3, 0.4) is 0 Å². The second-order valence-corrected chi connectivity index (χ2v) is 3.60. The van der Waals surface area contributed by atoms with Gasteiger partial charge in [-0.2, -0.15) is 0 Å². The molecule has 3 nitrogen and oxygen atoms in total. The third kappa shape index (κ3) is 2.68. The lowest BCUT2D eigenvalue weighted by molar-refractivity contribution is 0.258. The van der Waals surface area contributed by atoms with Gasteiger partial charge in [-0.05, 0) is 39.8 Å². The molecule has 0 radical (unpaired) electrons. The quantitative estimate of drug-likeness (QED) is 0.405. The average molecular weight is 188 g/mol. The maximum Gasteiger partial charge on any atom is 0.0715 e. The second kappa shape index (κ2) is 4.72. The SMILES string of the molecule is CN(C)C1CCC(=NOS)CC1. The van der Waals surface area contributed by atoms with Crippen LogP contribution >= 0.6 is 12.9 Å². The van der Waals surface area contributed by atoms with Gasteiger partial charge in [0.25, 0.3) is 0 Å². The molecule has 0 aromatic heterocycles. The van der Waals surface area contributed by atoms with Crippen molar-refractivity contribution in [2.24, 2.45) is 5.16 Å². The van der Waals surface area contributed by atoms with Crippen LogP contribution in [-0.2, 0) is 4.28 Å². The molecule has 0 aromatic rings. The van der Waals surface area contributed by atoms with E-state index in [1.54, 1.807) is 0 Å². The van der Waals surface area contributed by atoms with Crippen LogP contribution in [-0.4, -0.2) is 30.7 Å². The largest absolute Gasteiger partial charge is 0.326 e. The van der Waals surface area contributed by atoms with Crippen molar-refractivity contribution in [1.29, 1.82) is 0 Å². The highest BCUT2D eigenvalue weighted by Gasteiger charge is 2.19. The summed E-state index contributed by atoms with van der Waals surface area (Å²) in [4.78, 5) is 2.28. The zero-order valence-corrected chi connectivity index (χ0v) is 8.55. The van der Waals surface area contributed by atoms with Crippen LogP contribution in [0, 0.1) is 0 Å². The van der Waals surface area contributed by atoms with Crippen molar-refractivity contribution in [2.75, 3.05) is 14.1 Å². The van der Waals surface area contributed by atoms with Crippen LogP contribution < -0.4 is 0 Å². The van der Waals surface area contributed by atoms with Gasteiger partial charge in [0.1, 0.15) is 0 Å². The molecule has 0 aliphatic heterocycles. The van der Waals surface area contributed by atoms with E-state index in [4.69, 9.17) is 0 Å². The van der Waals surface area contributed by atoms with Crippen LogP contribution in [0.15, 0.2) is 5.16 Å². The molecule has 1 rings (SSSR count). The zero-order chi connectivity index (χ0) is 8.97. The van der Waals surface area contributed by atoms with Crippen LogP contribution in [0.25, 0.3) is 0 Å². The van der Waals surface area contributed by atoms with Crippen molar-refractivity contribution in [3.8, 4) is 0 Å². The summed E-state index contributed by atoms with van der Waals surface area (Å²) in [5.41, 5.74) is 1.14. The number of nitrogens with zero attached hydrogens (tertiary/aromatic N) is 2. The molecule has 0 atom stereocenters. The molecule has 0 spiro atoms. The molecule has 12 heavy (non-hydrogen) atoms. The number of hydrogen-bond donors (Lipinski definition) is 1. The summed E-state index contributed by atoms with van der Waals surface area (Å²) in [6, 6.07) is 0.712. The molecule has 0 unspecified atom stereocenters. The Kier molecular flexibility index (Phi) is 3.88. The van der Waals surface area contributed by atoms with Gasteiger partial charge in [-0.15, -0.1) is 0 Å². The molecule has 0 N–H and O–H groups in total. The Labute approximate surface area is 79.4 Å². The van der Waals surface area contributed by atoms with E-state index in [0.29, 0.717) is 6.04 Å². The van der Waals surface area contributed by atoms with Crippen LogP contribution in [0.2, 0.25) is 0 Å². The minimum atomic E-state index is 0.712. The molecule has 0 saturated heterocycles. The Morgan fingerprint density at radius 2 is 2.00 bits per heavy atom. The number of oxime groups is 1. The van der Waals surface area contributed by atoms with E-state index in [9.17, 15) is 0 Å². The Bertz CT molecular complexity index is 160. The van der Waals surface area contributed by atoms with Gasteiger partial charge >= 0.3 is 0 Å². The van der Waals surface area contributed by atoms with Gasteiger partial charge in [0.2, 0.25) is 0 Å². The fourth-order valence-electron chi connectivity index (χ4n) is 1.60. The first-order valence-electron chi connectivity index (χ1n) is 4.26. The van der Waals surface area contributed by atoms with Gasteiger partial charge in [-0.1, -0.05) is 5.16 Å². The summed E-state index contributed by atoms with van der Waals surface area (Å²) >= 11 is 3.60. The van der Waals surface area contributed by atoms with Gasteiger partial charge in [0, 0.05) is 6.04 Å². The predicted molar refractivity (Wildman–Crippen MR) is 53.4 cm³/mol. The molecule has 4 heteroatoms. The Hall–Kier alpha value is -0.220. The first kappa shape index (κ1) is 9.86. The van der Waals surface area contributed by atoms with Gasteiger partial charge in [-0.3, -0.25) is 0 Å². The summed E-state index contributed by atoms with van der Waals surface area (Å²) in [7, 11) is 4.25. The fraction of sp³-hybridized carbons (Fsp3) is 0.875. The minimum absolute atomic E-state index is 0.712. The van der Waals surface area contributed by atoms with Crippen LogP contribution in [0.4, 0.5) is 0 Å². The van der Waals surface area contributed by atoms with Crippen molar-refractivity contribution in [3.63, 3.8) is 0 Å². The third-order valence-electron chi connectivity index (χ3n) is 2.43. The highest BCUT2D eigenvalue weighted by atomic mass is 32.1. The van der Waals surface area contributed by atoms with Gasteiger partial charge < -0.3 is 9.18 Å². The highest BCUT2D eigenvalue weighted by Crippen LogP contribution is 2.19. The molecule has 70 valence electrons. The van der Waals surface area contributed by atoms with E-state index < -0.39 is 0 Å². The molecule has 0 amide bonds. The monoisotopic (exact) mass is 188 g/mol. The molecule has 1 aliphatic rings. The molecular weight excluding hydrogens is 172 g/mol. The summed E-state index contributed by atoms with van der Waals surface area (Å²) in [5.74, 6) is 0. The minimum Gasteiger partial charge on any atom is -0.326 e. The number of rotatable bonds is 2.